The van der Waals surface area contributed by atoms with Crippen LogP contribution < -0.4 is 0 Å². The molecule has 5 nitrogen and oxygen atoms in total. The molecule has 0 bridgehead atoms. The summed E-state index contributed by atoms with van der Waals surface area (Å²) in [6, 6.07) is 11.9. The van der Waals surface area contributed by atoms with E-state index in [4.69, 9.17) is 9.97 Å². The number of carbonyl (C=O) groups is 1. The molecular weight excluding hydrogens is 451 g/mol. The van der Waals surface area contributed by atoms with E-state index in [1.807, 2.05) is 37.3 Å². The lowest BCUT2D eigenvalue weighted by Crippen LogP contribution is -2.40. The SMILES string of the molecule is C=C/C=C(\C(F)=C/C)c1nc(-c2ccnc3ccccc23)nc2c1CCC1C(C)C(=O)C(C#N)CC21. The van der Waals surface area contributed by atoms with Crippen LogP contribution in [0.15, 0.2) is 67.2 Å². The van der Waals surface area contributed by atoms with Crippen LogP contribution in [0.1, 0.15) is 49.6 Å². The number of pyridine rings is 1. The molecule has 1 fully saturated rings. The summed E-state index contributed by atoms with van der Waals surface area (Å²) in [4.78, 5) is 27.3. The van der Waals surface area contributed by atoms with Crippen LogP contribution in [-0.4, -0.2) is 20.7 Å². The highest BCUT2D eigenvalue weighted by molar-refractivity contribution is 5.93. The van der Waals surface area contributed by atoms with Crippen molar-refractivity contribution in [1.82, 2.24) is 15.0 Å². The molecule has 0 spiro atoms. The molecule has 5 rings (SSSR count). The minimum atomic E-state index is -0.661. The van der Waals surface area contributed by atoms with Crippen LogP contribution in [-0.2, 0) is 11.2 Å². The fourth-order valence-electron chi connectivity index (χ4n) is 5.85. The maximum Gasteiger partial charge on any atom is 0.160 e. The number of benzene rings is 1. The van der Waals surface area contributed by atoms with Gasteiger partial charge in [0, 0.05) is 40.1 Å². The summed E-state index contributed by atoms with van der Waals surface area (Å²) in [7, 11) is 0. The molecule has 36 heavy (non-hydrogen) atoms. The number of ketones is 1. The van der Waals surface area contributed by atoms with Gasteiger partial charge in [0.15, 0.2) is 11.6 Å². The van der Waals surface area contributed by atoms with E-state index >= 15 is 4.39 Å². The van der Waals surface area contributed by atoms with Crippen LogP contribution in [0.25, 0.3) is 27.9 Å². The molecule has 2 aliphatic carbocycles. The lowest BCUT2D eigenvalue weighted by molar-refractivity contribution is -0.129. The average molecular weight is 479 g/mol. The van der Waals surface area contributed by atoms with Gasteiger partial charge in [-0.25, -0.2) is 14.4 Å². The molecule has 2 aliphatic rings. The number of para-hydroxylation sites is 1. The number of Topliss-reactive ketones (excluding diaryl/α,β-unsaturated/α-hetero) is 1. The molecule has 6 heteroatoms. The molecule has 0 N–H and O–H groups in total. The highest BCUT2D eigenvalue weighted by Crippen LogP contribution is 2.49. The van der Waals surface area contributed by atoms with Gasteiger partial charge in [-0.15, -0.1) is 0 Å². The molecule has 1 saturated carbocycles. The van der Waals surface area contributed by atoms with Crippen LogP contribution in [0.2, 0.25) is 0 Å². The van der Waals surface area contributed by atoms with Crippen molar-refractivity contribution in [2.24, 2.45) is 17.8 Å². The minimum Gasteiger partial charge on any atom is -0.298 e. The monoisotopic (exact) mass is 478 g/mol. The Bertz CT molecular complexity index is 1480. The fourth-order valence-corrected chi connectivity index (χ4v) is 5.85. The van der Waals surface area contributed by atoms with E-state index < -0.39 is 5.92 Å². The van der Waals surface area contributed by atoms with Gasteiger partial charge >= 0.3 is 0 Å². The summed E-state index contributed by atoms with van der Waals surface area (Å²) < 4.78 is 15.2. The van der Waals surface area contributed by atoms with Gasteiger partial charge in [-0.3, -0.25) is 9.78 Å². The lowest BCUT2D eigenvalue weighted by atomic mass is 9.62. The highest BCUT2D eigenvalue weighted by Gasteiger charge is 2.46. The first-order chi connectivity index (χ1) is 17.5. The van der Waals surface area contributed by atoms with E-state index in [2.05, 4.69) is 17.6 Å². The minimum absolute atomic E-state index is 0.0176. The summed E-state index contributed by atoms with van der Waals surface area (Å²) in [5.41, 5.74) is 4.25. The second kappa shape index (κ2) is 9.58. The third-order valence-electron chi connectivity index (χ3n) is 7.66. The summed E-state index contributed by atoms with van der Waals surface area (Å²) >= 11 is 0. The normalized spacial score (nSPS) is 24.1. The molecule has 3 aromatic rings. The predicted molar refractivity (Wildman–Crippen MR) is 138 cm³/mol. The van der Waals surface area contributed by atoms with E-state index in [-0.39, 0.29) is 29.4 Å². The number of nitrogens with zero attached hydrogens (tertiary/aromatic N) is 4. The Morgan fingerprint density at radius 2 is 2.06 bits per heavy atom. The standard InChI is InChI=1S/C30H27FN4O/c1-4-8-22(25(31)5-2)27-23-12-11-19-17(3)29(36)18(16-32)15-24(19)28(23)35-30(34-27)21-13-14-33-26-10-7-6-9-20(21)26/h4-10,13-14,17-19,24H,1,11-12,15H2,2-3H3/b22-8+,25-5+. The first-order valence-electron chi connectivity index (χ1n) is 12.3. The van der Waals surface area contributed by atoms with Gasteiger partial charge in [-0.2, -0.15) is 5.26 Å². The zero-order valence-electron chi connectivity index (χ0n) is 20.4. The Morgan fingerprint density at radius 1 is 1.25 bits per heavy atom. The summed E-state index contributed by atoms with van der Waals surface area (Å²) in [6.45, 7) is 7.36. The quantitative estimate of drug-likeness (QED) is 0.398. The smallest absolute Gasteiger partial charge is 0.160 e. The first kappa shape index (κ1) is 23.7. The second-order valence-electron chi connectivity index (χ2n) is 9.51. The number of hydrogen-bond acceptors (Lipinski definition) is 5. The van der Waals surface area contributed by atoms with Crippen molar-refractivity contribution in [3.05, 3.63) is 84.1 Å². The van der Waals surface area contributed by atoms with Gasteiger partial charge in [0.1, 0.15) is 11.7 Å². The van der Waals surface area contributed by atoms with Crippen molar-refractivity contribution in [2.45, 2.75) is 39.0 Å². The number of halogens is 1. The van der Waals surface area contributed by atoms with E-state index in [1.165, 1.54) is 6.08 Å². The molecule has 1 aromatic carbocycles. The molecule has 0 radical (unpaired) electrons. The van der Waals surface area contributed by atoms with Crippen molar-refractivity contribution in [3.8, 4) is 17.5 Å². The van der Waals surface area contributed by atoms with Crippen LogP contribution in [0.4, 0.5) is 4.39 Å². The number of rotatable bonds is 4. The Hall–Kier alpha value is -3.98. The van der Waals surface area contributed by atoms with Gasteiger partial charge in [-0.1, -0.05) is 49.9 Å². The number of aromatic nitrogens is 3. The van der Waals surface area contributed by atoms with Crippen LogP contribution in [0.5, 0.6) is 0 Å². The number of nitriles is 1. The number of allylic oxidation sites excluding steroid dienone is 5. The lowest BCUT2D eigenvalue weighted by Gasteiger charge is -2.41. The Labute approximate surface area is 210 Å². The van der Waals surface area contributed by atoms with Gasteiger partial charge in [0.25, 0.3) is 0 Å². The van der Waals surface area contributed by atoms with Gasteiger partial charge in [-0.05, 0) is 44.2 Å². The molecule has 0 aliphatic heterocycles. The molecule has 4 atom stereocenters. The van der Waals surface area contributed by atoms with Crippen LogP contribution in [0, 0.1) is 29.1 Å². The van der Waals surface area contributed by atoms with Gasteiger partial charge < -0.3 is 0 Å². The topological polar surface area (TPSA) is 79.5 Å². The van der Waals surface area contributed by atoms with Crippen molar-refractivity contribution < 1.29 is 9.18 Å². The Morgan fingerprint density at radius 3 is 2.81 bits per heavy atom. The maximum absolute atomic E-state index is 15.2. The molecule has 2 aromatic heterocycles. The molecule has 4 unspecified atom stereocenters. The van der Waals surface area contributed by atoms with Crippen molar-refractivity contribution in [1.29, 1.82) is 5.26 Å². The molecule has 0 amide bonds. The molecular formula is C30H27FN4O. The van der Waals surface area contributed by atoms with E-state index in [1.54, 1.807) is 25.3 Å². The number of carbonyl (C=O) groups excluding carboxylic acids is 1. The van der Waals surface area contributed by atoms with E-state index in [0.29, 0.717) is 29.9 Å². The number of hydrogen-bond donors (Lipinski definition) is 0. The average Bonchev–Trinajstić information content (AvgIpc) is 2.92. The molecule has 0 saturated heterocycles. The molecule has 180 valence electrons. The summed E-state index contributed by atoms with van der Waals surface area (Å²) in [6.07, 6.45) is 8.19. The summed E-state index contributed by atoms with van der Waals surface area (Å²) in [5, 5.41) is 10.6. The van der Waals surface area contributed by atoms with Crippen molar-refractivity contribution in [3.63, 3.8) is 0 Å². The first-order valence-corrected chi connectivity index (χ1v) is 12.3. The maximum atomic E-state index is 15.2. The highest BCUT2D eigenvalue weighted by atomic mass is 19.1. The fraction of sp³-hybridized carbons (Fsp3) is 0.300. The molecule has 2 heterocycles. The predicted octanol–water partition coefficient (Wildman–Crippen LogP) is 6.53. The van der Waals surface area contributed by atoms with Crippen LogP contribution in [0.3, 0.4) is 0 Å². The zero-order valence-corrected chi connectivity index (χ0v) is 20.4. The Kier molecular flexibility index (Phi) is 6.32. The Balaban J connectivity index is 1.80. The largest absolute Gasteiger partial charge is 0.298 e. The van der Waals surface area contributed by atoms with Crippen molar-refractivity contribution in [2.75, 3.05) is 0 Å². The van der Waals surface area contributed by atoms with Crippen molar-refractivity contribution >= 4 is 22.3 Å². The van der Waals surface area contributed by atoms with E-state index in [9.17, 15) is 10.1 Å². The third kappa shape index (κ3) is 3.85. The zero-order chi connectivity index (χ0) is 25.4. The second-order valence-corrected chi connectivity index (χ2v) is 9.51. The summed E-state index contributed by atoms with van der Waals surface area (Å²) in [5.74, 6) is -0.738. The van der Waals surface area contributed by atoms with Gasteiger partial charge in [0.2, 0.25) is 0 Å². The van der Waals surface area contributed by atoms with Crippen LogP contribution >= 0.6 is 0 Å². The van der Waals surface area contributed by atoms with E-state index in [0.717, 1.165) is 34.1 Å². The van der Waals surface area contributed by atoms with Gasteiger partial charge in [0.05, 0.1) is 23.0 Å². The third-order valence-corrected chi connectivity index (χ3v) is 7.66. The number of fused-ring (bicyclic) bond motifs is 4.